The van der Waals surface area contributed by atoms with E-state index in [1.165, 1.54) is 0 Å². The van der Waals surface area contributed by atoms with E-state index >= 15 is 0 Å². The molecule has 0 radical (unpaired) electrons. The van der Waals surface area contributed by atoms with Gasteiger partial charge in [-0.3, -0.25) is 4.79 Å². The summed E-state index contributed by atoms with van der Waals surface area (Å²) in [4.78, 5) is 11.4. The summed E-state index contributed by atoms with van der Waals surface area (Å²) in [6.45, 7) is 8.43. The zero-order valence-corrected chi connectivity index (χ0v) is 13.5. The molecule has 0 amide bonds. The highest BCUT2D eigenvalue weighted by Crippen LogP contribution is 2.47. The summed E-state index contributed by atoms with van der Waals surface area (Å²) in [5, 5.41) is 9.36. The summed E-state index contributed by atoms with van der Waals surface area (Å²) in [5.41, 5.74) is -0.393. The van der Waals surface area contributed by atoms with Crippen molar-refractivity contribution >= 4 is 16.0 Å². The van der Waals surface area contributed by atoms with Crippen LogP contribution in [-0.4, -0.2) is 42.1 Å². The fourth-order valence-electron chi connectivity index (χ4n) is 3.88. The molecule has 2 fully saturated rings. The van der Waals surface area contributed by atoms with Crippen LogP contribution in [0.3, 0.4) is 0 Å². The van der Waals surface area contributed by atoms with E-state index in [0.717, 1.165) is 0 Å². The van der Waals surface area contributed by atoms with Crippen LogP contribution >= 0.6 is 0 Å². The molecule has 0 spiro atoms. The van der Waals surface area contributed by atoms with Gasteiger partial charge in [0.1, 0.15) is 0 Å². The SMILES string of the molecule is CC1CN(C2CCC(C(=O)O)C(C)(C)C2C)S(=O)(=O)C1. The van der Waals surface area contributed by atoms with E-state index in [1.807, 2.05) is 27.7 Å². The minimum atomic E-state index is -3.17. The summed E-state index contributed by atoms with van der Waals surface area (Å²) in [6.07, 6.45) is 1.20. The Balaban J connectivity index is 2.26. The van der Waals surface area contributed by atoms with Crippen molar-refractivity contribution in [3.05, 3.63) is 0 Å². The standard InChI is InChI=1S/C14H25NO4S/c1-9-7-15(20(18,19)8-9)12-6-5-11(13(16)17)14(3,4)10(12)2/h9-12H,5-8H2,1-4H3,(H,16,17). The Morgan fingerprint density at radius 1 is 1.25 bits per heavy atom. The lowest BCUT2D eigenvalue weighted by molar-refractivity contribution is -0.151. The molecule has 1 heterocycles. The number of rotatable bonds is 2. The van der Waals surface area contributed by atoms with Crippen LogP contribution < -0.4 is 0 Å². The van der Waals surface area contributed by atoms with E-state index in [9.17, 15) is 18.3 Å². The fourth-order valence-corrected chi connectivity index (χ4v) is 6.08. The Hall–Kier alpha value is -0.620. The quantitative estimate of drug-likeness (QED) is 0.844. The maximum absolute atomic E-state index is 12.3. The first-order valence-corrected chi connectivity index (χ1v) is 8.90. The van der Waals surface area contributed by atoms with Gasteiger partial charge >= 0.3 is 5.97 Å². The summed E-state index contributed by atoms with van der Waals surface area (Å²) in [7, 11) is -3.17. The number of hydrogen-bond donors (Lipinski definition) is 1. The first kappa shape index (κ1) is 15.8. The van der Waals surface area contributed by atoms with Crippen molar-refractivity contribution < 1.29 is 18.3 Å². The van der Waals surface area contributed by atoms with Crippen molar-refractivity contribution in [2.75, 3.05) is 12.3 Å². The molecular weight excluding hydrogens is 278 g/mol. The molecule has 0 aromatic rings. The molecule has 1 aliphatic carbocycles. The summed E-state index contributed by atoms with van der Waals surface area (Å²) >= 11 is 0. The highest BCUT2D eigenvalue weighted by molar-refractivity contribution is 7.89. The molecule has 1 N–H and O–H groups in total. The number of carboxylic acid groups (broad SMARTS) is 1. The molecule has 6 heteroatoms. The Labute approximate surface area is 121 Å². The van der Waals surface area contributed by atoms with Crippen molar-refractivity contribution in [3.63, 3.8) is 0 Å². The molecule has 1 saturated carbocycles. The van der Waals surface area contributed by atoms with E-state index < -0.39 is 27.3 Å². The Kier molecular flexibility index (Phi) is 3.93. The molecule has 0 bridgehead atoms. The molecule has 1 saturated heterocycles. The van der Waals surface area contributed by atoms with Gasteiger partial charge in [0.15, 0.2) is 0 Å². The minimum Gasteiger partial charge on any atom is -0.481 e. The average molecular weight is 303 g/mol. The zero-order valence-electron chi connectivity index (χ0n) is 12.7. The van der Waals surface area contributed by atoms with Crippen molar-refractivity contribution in [2.45, 2.75) is 46.6 Å². The second-order valence-electron chi connectivity index (χ2n) is 7.10. The molecule has 5 nitrogen and oxygen atoms in total. The van der Waals surface area contributed by atoms with E-state index in [-0.39, 0.29) is 23.6 Å². The highest BCUT2D eigenvalue weighted by atomic mass is 32.2. The van der Waals surface area contributed by atoms with Crippen molar-refractivity contribution in [3.8, 4) is 0 Å². The first-order valence-electron chi connectivity index (χ1n) is 7.29. The minimum absolute atomic E-state index is 0.0393. The maximum atomic E-state index is 12.3. The maximum Gasteiger partial charge on any atom is 0.307 e. The third kappa shape index (κ3) is 2.48. The van der Waals surface area contributed by atoms with Gasteiger partial charge < -0.3 is 5.11 Å². The highest BCUT2D eigenvalue weighted by Gasteiger charge is 2.51. The predicted molar refractivity (Wildman–Crippen MR) is 76.7 cm³/mol. The van der Waals surface area contributed by atoms with Gasteiger partial charge in [-0.25, -0.2) is 8.42 Å². The molecule has 116 valence electrons. The van der Waals surface area contributed by atoms with Crippen LogP contribution in [0.4, 0.5) is 0 Å². The van der Waals surface area contributed by atoms with Crippen LogP contribution in [0.5, 0.6) is 0 Å². The van der Waals surface area contributed by atoms with Crippen LogP contribution in [0.15, 0.2) is 0 Å². The molecule has 4 atom stereocenters. The molecule has 4 unspecified atom stereocenters. The van der Waals surface area contributed by atoms with Crippen LogP contribution in [0, 0.1) is 23.2 Å². The van der Waals surface area contributed by atoms with Gasteiger partial charge in [-0.1, -0.05) is 27.7 Å². The summed E-state index contributed by atoms with van der Waals surface area (Å²) in [6, 6.07) is -0.0597. The Morgan fingerprint density at radius 3 is 2.30 bits per heavy atom. The number of nitrogens with zero attached hydrogens (tertiary/aromatic N) is 1. The van der Waals surface area contributed by atoms with Crippen molar-refractivity contribution in [1.82, 2.24) is 4.31 Å². The van der Waals surface area contributed by atoms with Gasteiger partial charge in [0, 0.05) is 12.6 Å². The summed E-state index contributed by atoms with van der Waals surface area (Å²) < 4.78 is 26.1. The molecule has 0 aromatic carbocycles. The fraction of sp³-hybridized carbons (Fsp3) is 0.929. The largest absolute Gasteiger partial charge is 0.481 e. The second-order valence-corrected chi connectivity index (χ2v) is 9.07. The lowest BCUT2D eigenvalue weighted by atomic mass is 9.61. The van der Waals surface area contributed by atoms with Crippen LogP contribution in [-0.2, 0) is 14.8 Å². The van der Waals surface area contributed by atoms with E-state index in [1.54, 1.807) is 4.31 Å². The van der Waals surface area contributed by atoms with Gasteiger partial charge in [-0.2, -0.15) is 4.31 Å². The molecule has 2 rings (SSSR count). The third-order valence-corrected chi connectivity index (χ3v) is 7.54. The molecule has 20 heavy (non-hydrogen) atoms. The monoisotopic (exact) mass is 303 g/mol. The Morgan fingerprint density at radius 2 is 1.85 bits per heavy atom. The van der Waals surface area contributed by atoms with Crippen LogP contribution in [0.1, 0.15) is 40.5 Å². The van der Waals surface area contributed by atoms with E-state index in [4.69, 9.17) is 0 Å². The van der Waals surface area contributed by atoms with Gasteiger partial charge in [-0.15, -0.1) is 0 Å². The zero-order chi connectivity index (χ0) is 15.3. The second kappa shape index (κ2) is 4.98. The van der Waals surface area contributed by atoms with Crippen LogP contribution in [0.25, 0.3) is 0 Å². The van der Waals surface area contributed by atoms with Gasteiger partial charge in [0.05, 0.1) is 11.7 Å². The van der Waals surface area contributed by atoms with Gasteiger partial charge in [0.2, 0.25) is 10.0 Å². The van der Waals surface area contributed by atoms with Gasteiger partial charge in [-0.05, 0) is 30.1 Å². The number of sulfonamides is 1. The molecule has 0 aromatic heterocycles. The third-order valence-electron chi connectivity index (χ3n) is 5.41. The predicted octanol–water partition coefficient (Wildman–Crippen LogP) is 1.79. The molecule has 2 aliphatic rings. The lowest BCUT2D eigenvalue weighted by Crippen LogP contribution is -2.52. The van der Waals surface area contributed by atoms with E-state index in [0.29, 0.717) is 19.4 Å². The average Bonchev–Trinajstić information content (AvgIpc) is 2.55. The number of hydrogen-bond acceptors (Lipinski definition) is 3. The van der Waals surface area contributed by atoms with Crippen molar-refractivity contribution in [2.24, 2.45) is 23.2 Å². The topological polar surface area (TPSA) is 74.7 Å². The smallest absolute Gasteiger partial charge is 0.307 e. The normalized spacial score (nSPS) is 40.6. The van der Waals surface area contributed by atoms with Crippen molar-refractivity contribution in [1.29, 1.82) is 0 Å². The summed E-state index contributed by atoms with van der Waals surface area (Å²) in [5.74, 6) is -0.738. The Bertz CT molecular complexity index is 499. The van der Waals surface area contributed by atoms with Crippen LogP contribution in [0.2, 0.25) is 0 Å². The number of aliphatic carboxylic acids is 1. The molecular formula is C14H25NO4S. The number of carboxylic acids is 1. The number of carbonyl (C=O) groups is 1. The molecule has 1 aliphatic heterocycles. The lowest BCUT2D eigenvalue weighted by Gasteiger charge is -2.48. The van der Waals surface area contributed by atoms with E-state index in [2.05, 4.69) is 0 Å². The first-order chi connectivity index (χ1) is 9.07. The van der Waals surface area contributed by atoms with Gasteiger partial charge in [0.25, 0.3) is 0 Å².